The van der Waals surface area contributed by atoms with Crippen molar-refractivity contribution in [2.45, 2.75) is 38.8 Å². The molecule has 0 spiro atoms. The lowest BCUT2D eigenvalue weighted by Crippen LogP contribution is -2.56. The zero-order chi connectivity index (χ0) is 14.0. The number of hydrogen-bond acceptors (Lipinski definition) is 5. The zero-order valence-electron chi connectivity index (χ0n) is 11.8. The summed E-state index contributed by atoms with van der Waals surface area (Å²) in [5.74, 6) is -0.264. The van der Waals surface area contributed by atoms with Gasteiger partial charge in [-0.1, -0.05) is 20.8 Å². The van der Waals surface area contributed by atoms with Crippen LogP contribution in [0.15, 0.2) is 5.38 Å². The highest BCUT2D eigenvalue weighted by molar-refractivity contribution is 7.09. The van der Waals surface area contributed by atoms with Gasteiger partial charge >= 0.3 is 0 Å². The molecule has 0 aromatic carbocycles. The second-order valence-electron chi connectivity index (χ2n) is 5.97. The van der Waals surface area contributed by atoms with Crippen LogP contribution < -0.4 is 11.1 Å². The third-order valence-corrected chi connectivity index (χ3v) is 4.17. The molecule has 1 saturated heterocycles. The summed E-state index contributed by atoms with van der Waals surface area (Å²) in [7, 11) is 0. The Labute approximate surface area is 118 Å². The van der Waals surface area contributed by atoms with Crippen LogP contribution in [-0.4, -0.2) is 41.5 Å². The molecule has 0 saturated carbocycles. The minimum atomic E-state index is -0.264. The molecule has 0 radical (unpaired) electrons. The Kier molecular flexibility index (Phi) is 4.23. The quantitative estimate of drug-likeness (QED) is 0.856. The Morgan fingerprint density at radius 2 is 2.37 bits per heavy atom. The Morgan fingerprint density at radius 1 is 1.63 bits per heavy atom. The van der Waals surface area contributed by atoms with Crippen molar-refractivity contribution in [3.63, 3.8) is 0 Å². The number of aromatic nitrogens is 1. The molecule has 106 valence electrons. The number of thiazole rings is 1. The molecule has 1 atom stereocenters. The van der Waals surface area contributed by atoms with Crippen LogP contribution in [0.4, 0.5) is 0 Å². The molecule has 1 amide bonds. The first-order valence-electron chi connectivity index (χ1n) is 6.57. The number of nitrogens with one attached hydrogen (secondary N) is 1. The van der Waals surface area contributed by atoms with E-state index >= 15 is 0 Å². The van der Waals surface area contributed by atoms with Gasteiger partial charge in [0.1, 0.15) is 11.0 Å². The third-order valence-electron chi connectivity index (χ3n) is 3.34. The molecule has 0 bridgehead atoms. The van der Waals surface area contributed by atoms with E-state index in [9.17, 15) is 4.79 Å². The predicted molar refractivity (Wildman–Crippen MR) is 77.1 cm³/mol. The summed E-state index contributed by atoms with van der Waals surface area (Å²) < 4.78 is 0. The average molecular weight is 282 g/mol. The lowest BCUT2D eigenvalue weighted by molar-refractivity contribution is -0.124. The summed E-state index contributed by atoms with van der Waals surface area (Å²) in [6.07, 6.45) is 0. The van der Waals surface area contributed by atoms with Crippen molar-refractivity contribution >= 4 is 17.2 Å². The van der Waals surface area contributed by atoms with Gasteiger partial charge in [-0.2, -0.15) is 0 Å². The first-order chi connectivity index (χ1) is 8.88. The van der Waals surface area contributed by atoms with E-state index in [0.717, 1.165) is 23.8 Å². The zero-order valence-corrected chi connectivity index (χ0v) is 12.6. The molecule has 3 N–H and O–H groups in total. The maximum Gasteiger partial charge on any atom is 0.236 e. The van der Waals surface area contributed by atoms with E-state index in [0.29, 0.717) is 13.1 Å². The molecule has 1 aliphatic rings. The number of carbonyl (C=O) groups excluding carboxylic acids is 1. The molecule has 1 unspecified atom stereocenters. The van der Waals surface area contributed by atoms with Crippen LogP contribution in [-0.2, 0) is 16.8 Å². The molecule has 6 heteroatoms. The van der Waals surface area contributed by atoms with Crippen molar-refractivity contribution in [2.75, 3.05) is 19.6 Å². The van der Waals surface area contributed by atoms with E-state index in [4.69, 9.17) is 5.73 Å². The molecular formula is C13H22N4OS. The second kappa shape index (κ2) is 5.56. The summed E-state index contributed by atoms with van der Waals surface area (Å²) in [5, 5.41) is 6.36. The summed E-state index contributed by atoms with van der Waals surface area (Å²) >= 11 is 1.66. The van der Waals surface area contributed by atoms with Crippen LogP contribution in [0.5, 0.6) is 0 Å². The number of nitrogens with two attached hydrogens (primary N) is 1. The Hall–Kier alpha value is -0.980. The van der Waals surface area contributed by atoms with Crippen LogP contribution in [0.1, 0.15) is 31.5 Å². The number of amides is 1. The van der Waals surface area contributed by atoms with E-state index in [2.05, 4.69) is 41.4 Å². The molecule has 0 aliphatic carbocycles. The van der Waals surface area contributed by atoms with Crippen molar-refractivity contribution in [3.8, 4) is 0 Å². The minimum Gasteiger partial charge on any atom is -0.368 e. The summed E-state index contributed by atoms with van der Waals surface area (Å²) in [6.45, 7) is 9.52. The monoisotopic (exact) mass is 282 g/mol. The Balaban J connectivity index is 2.07. The van der Waals surface area contributed by atoms with Crippen molar-refractivity contribution < 1.29 is 4.79 Å². The van der Waals surface area contributed by atoms with Gasteiger partial charge in [0.2, 0.25) is 5.91 Å². The molecule has 1 aromatic rings. The number of piperazine rings is 1. The maximum atomic E-state index is 11.4. The second-order valence-corrected chi connectivity index (χ2v) is 6.91. The van der Waals surface area contributed by atoms with E-state index < -0.39 is 0 Å². The van der Waals surface area contributed by atoms with Crippen LogP contribution in [0.2, 0.25) is 0 Å². The predicted octanol–water partition coefficient (Wildman–Crippen LogP) is 0.700. The number of rotatable bonds is 3. The Morgan fingerprint density at radius 3 is 2.95 bits per heavy atom. The average Bonchev–Trinajstić information content (AvgIpc) is 2.77. The maximum absolute atomic E-state index is 11.4. The molecule has 1 fully saturated rings. The minimum absolute atomic E-state index is 0.0707. The van der Waals surface area contributed by atoms with Gasteiger partial charge in [0.25, 0.3) is 0 Å². The van der Waals surface area contributed by atoms with Gasteiger partial charge in [-0.05, 0) is 0 Å². The van der Waals surface area contributed by atoms with Gasteiger partial charge in [0, 0.05) is 30.4 Å². The van der Waals surface area contributed by atoms with E-state index in [1.54, 1.807) is 11.3 Å². The molecule has 19 heavy (non-hydrogen) atoms. The lowest BCUT2D eigenvalue weighted by atomic mass is 9.93. The van der Waals surface area contributed by atoms with Gasteiger partial charge < -0.3 is 11.1 Å². The fourth-order valence-electron chi connectivity index (χ4n) is 2.12. The molecule has 1 aromatic heterocycles. The van der Waals surface area contributed by atoms with Gasteiger partial charge in [-0.25, -0.2) is 4.98 Å². The first kappa shape index (κ1) is 14.4. The molecule has 1 aliphatic heterocycles. The third kappa shape index (κ3) is 3.52. The van der Waals surface area contributed by atoms with Gasteiger partial charge in [0.05, 0.1) is 12.2 Å². The SMILES string of the molecule is CC(C)(C)c1csc(CN2CCNCC2C(N)=O)n1. The van der Waals surface area contributed by atoms with Gasteiger partial charge in [0.15, 0.2) is 0 Å². The van der Waals surface area contributed by atoms with Crippen molar-refractivity contribution in [3.05, 3.63) is 16.1 Å². The summed E-state index contributed by atoms with van der Waals surface area (Å²) in [4.78, 5) is 18.2. The fourth-order valence-corrected chi connectivity index (χ4v) is 3.16. The topological polar surface area (TPSA) is 71.2 Å². The normalized spacial score (nSPS) is 21.5. The van der Waals surface area contributed by atoms with Gasteiger partial charge in [-0.3, -0.25) is 9.69 Å². The number of nitrogens with zero attached hydrogens (tertiary/aromatic N) is 2. The summed E-state index contributed by atoms with van der Waals surface area (Å²) in [5.41, 5.74) is 6.63. The number of hydrogen-bond donors (Lipinski definition) is 2. The molecular weight excluding hydrogens is 260 g/mol. The van der Waals surface area contributed by atoms with E-state index in [1.165, 1.54) is 0 Å². The highest BCUT2D eigenvalue weighted by Crippen LogP contribution is 2.24. The van der Waals surface area contributed by atoms with Crippen molar-refractivity contribution in [1.29, 1.82) is 0 Å². The van der Waals surface area contributed by atoms with Crippen molar-refractivity contribution in [2.24, 2.45) is 5.73 Å². The smallest absolute Gasteiger partial charge is 0.236 e. The lowest BCUT2D eigenvalue weighted by Gasteiger charge is -2.33. The molecule has 2 rings (SSSR count). The van der Waals surface area contributed by atoms with Crippen LogP contribution >= 0.6 is 11.3 Å². The first-order valence-corrected chi connectivity index (χ1v) is 7.45. The Bertz CT molecular complexity index is 452. The highest BCUT2D eigenvalue weighted by Gasteiger charge is 2.27. The largest absolute Gasteiger partial charge is 0.368 e. The standard InChI is InChI=1S/C13H22N4OS/c1-13(2,3)10-8-19-11(16-10)7-17-5-4-15-6-9(17)12(14)18/h8-9,15H,4-7H2,1-3H3,(H2,14,18). The molecule has 5 nitrogen and oxygen atoms in total. The van der Waals surface area contributed by atoms with E-state index in [1.807, 2.05) is 0 Å². The van der Waals surface area contributed by atoms with Crippen LogP contribution in [0, 0.1) is 0 Å². The summed E-state index contributed by atoms with van der Waals surface area (Å²) in [6, 6.07) is -0.226. The number of carbonyl (C=O) groups is 1. The van der Waals surface area contributed by atoms with E-state index in [-0.39, 0.29) is 17.4 Å². The van der Waals surface area contributed by atoms with Crippen molar-refractivity contribution in [1.82, 2.24) is 15.2 Å². The number of primary amides is 1. The molecule has 2 heterocycles. The fraction of sp³-hybridized carbons (Fsp3) is 0.692. The van der Waals surface area contributed by atoms with Gasteiger partial charge in [-0.15, -0.1) is 11.3 Å². The van der Waals surface area contributed by atoms with Crippen LogP contribution in [0.25, 0.3) is 0 Å². The van der Waals surface area contributed by atoms with Crippen LogP contribution in [0.3, 0.4) is 0 Å². The highest BCUT2D eigenvalue weighted by atomic mass is 32.1.